The lowest BCUT2D eigenvalue weighted by Crippen LogP contribution is -2.55. The number of rotatable bonds is 8. The Labute approximate surface area is 277 Å². The maximum Gasteiger partial charge on any atom is 0.311 e. The molecule has 1 saturated carbocycles. The van der Waals surface area contributed by atoms with E-state index in [4.69, 9.17) is 11.2 Å². The summed E-state index contributed by atoms with van der Waals surface area (Å²) >= 11 is 0. The van der Waals surface area contributed by atoms with Crippen LogP contribution in [0, 0.1) is 43.4 Å². The third-order valence-electron chi connectivity index (χ3n) is 8.18. The number of terminal acetylenes is 1. The van der Waals surface area contributed by atoms with Crippen LogP contribution in [0.4, 0.5) is 0 Å². The van der Waals surface area contributed by atoms with Crippen LogP contribution in [-0.4, -0.2) is 34.4 Å². The van der Waals surface area contributed by atoms with Crippen molar-refractivity contribution < 1.29 is 19.1 Å². The normalized spacial score (nSPS) is 17.3. The van der Waals surface area contributed by atoms with E-state index in [0.29, 0.717) is 11.1 Å². The molecule has 0 saturated heterocycles. The minimum Gasteiger partial charge on any atom is -0.444 e. The minimum atomic E-state index is -0.562. The first-order chi connectivity index (χ1) is 21.4. The second kappa shape index (κ2) is 15.9. The number of carbonyl (C=O) groups is 3. The summed E-state index contributed by atoms with van der Waals surface area (Å²) in [4.78, 5) is 38.1. The van der Waals surface area contributed by atoms with Crippen molar-refractivity contribution >= 4 is 17.8 Å². The van der Waals surface area contributed by atoms with Crippen molar-refractivity contribution in [3.8, 4) is 12.3 Å². The lowest BCUT2D eigenvalue weighted by atomic mass is 10.0. The predicted octanol–water partition coefficient (Wildman–Crippen LogP) is 8.58. The molecule has 248 valence electrons. The largest absolute Gasteiger partial charge is 0.444 e. The van der Waals surface area contributed by atoms with Gasteiger partial charge < -0.3 is 4.74 Å². The number of hydrogen-bond donors (Lipinski definition) is 1. The highest BCUT2D eigenvalue weighted by molar-refractivity contribution is 5.99. The van der Waals surface area contributed by atoms with E-state index in [0.717, 1.165) is 29.5 Å². The Balaban J connectivity index is 0.000000332. The van der Waals surface area contributed by atoms with Gasteiger partial charge in [-0.25, -0.2) is 5.01 Å². The van der Waals surface area contributed by atoms with Crippen LogP contribution in [0.5, 0.6) is 0 Å². The van der Waals surface area contributed by atoms with Gasteiger partial charge in [-0.1, -0.05) is 80.7 Å². The molecule has 1 aliphatic rings. The lowest BCUT2D eigenvalue weighted by molar-refractivity contribution is -0.147. The predicted molar refractivity (Wildman–Crippen MR) is 188 cm³/mol. The molecule has 0 spiro atoms. The van der Waals surface area contributed by atoms with Crippen LogP contribution in [0.15, 0.2) is 65.8 Å². The minimum absolute atomic E-state index is 0.0319. The molecular weight excluding hydrogens is 572 g/mol. The molecular formula is C40H54N2O4. The first-order valence-corrected chi connectivity index (χ1v) is 16.2. The Hall–Kier alpha value is -4.11. The zero-order chi connectivity index (χ0) is 35.0. The highest BCUT2D eigenvalue weighted by Crippen LogP contribution is 2.60. The topological polar surface area (TPSA) is 75.7 Å². The van der Waals surface area contributed by atoms with Crippen LogP contribution < -0.4 is 5.43 Å². The maximum absolute atomic E-state index is 13.1. The van der Waals surface area contributed by atoms with E-state index >= 15 is 0 Å². The molecule has 6 heteroatoms. The Kier molecular flexibility index (Phi) is 13.2. The summed E-state index contributed by atoms with van der Waals surface area (Å²) in [6.07, 6.45) is 10.9. The van der Waals surface area contributed by atoms with E-state index in [1.54, 1.807) is 12.1 Å². The SMILES string of the molecule is C#CC(OC(=O)[C@@H]1C(C=C(C)C)C1(C)C)/C(C)=C/CC.CCc1ccc(C(=O)NN(C(=O)c2cc(C)cc(C)c2)C(C)(C)C)cc1. The number of ether oxygens (including phenoxy) is 1. The summed E-state index contributed by atoms with van der Waals surface area (Å²) < 4.78 is 5.51. The summed E-state index contributed by atoms with van der Waals surface area (Å²) in [7, 11) is 0. The lowest BCUT2D eigenvalue weighted by Gasteiger charge is -2.35. The molecule has 0 aliphatic heterocycles. The van der Waals surface area contributed by atoms with Gasteiger partial charge in [0.2, 0.25) is 0 Å². The van der Waals surface area contributed by atoms with E-state index in [1.807, 2.05) is 84.9 Å². The fourth-order valence-corrected chi connectivity index (χ4v) is 5.48. The summed E-state index contributed by atoms with van der Waals surface area (Å²) in [5, 5.41) is 1.41. The molecule has 1 fully saturated rings. The number of nitrogens with zero attached hydrogens (tertiary/aromatic N) is 1. The van der Waals surface area contributed by atoms with Crippen LogP contribution in [0.25, 0.3) is 0 Å². The van der Waals surface area contributed by atoms with Gasteiger partial charge >= 0.3 is 5.97 Å². The van der Waals surface area contributed by atoms with E-state index in [1.165, 1.54) is 16.1 Å². The van der Waals surface area contributed by atoms with Gasteiger partial charge in [0.1, 0.15) is 0 Å². The average Bonchev–Trinajstić information content (AvgIpc) is 3.51. The maximum atomic E-state index is 13.1. The molecule has 2 aromatic rings. The number of esters is 1. The first kappa shape index (κ1) is 38.1. The van der Waals surface area contributed by atoms with E-state index in [-0.39, 0.29) is 35.0 Å². The molecule has 1 aliphatic carbocycles. The first-order valence-electron chi connectivity index (χ1n) is 16.2. The highest BCUT2D eigenvalue weighted by Gasteiger charge is 2.61. The molecule has 0 heterocycles. The molecule has 3 rings (SSSR count). The van der Waals surface area contributed by atoms with Crippen molar-refractivity contribution in [2.45, 2.75) is 108 Å². The van der Waals surface area contributed by atoms with Gasteiger partial charge in [-0.05, 0) is 115 Å². The Morgan fingerprint density at radius 2 is 1.57 bits per heavy atom. The van der Waals surface area contributed by atoms with Crippen molar-refractivity contribution in [1.29, 1.82) is 0 Å². The Bertz CT molecular complexity index is 1470. The summed E-state index contributed by atoms with van der Waals surface area (Å²) in [5.41, 5.74) is 8.66. The van der Waals surface area contributed by atoms with Gasteiger partial charge in [-0.15, -0.1) is 6.42 Å². The number of amides is 2. The second-order valence-electron chi connectivity index (χ2n) is 14.1. The number of hydrazine groups is 1. The van der Waals surface area contributed by atoms with Crippen LogP contribution in [0.1, 0.15) is 113 Å². The third kappa shape index (κ3) is 10.2. The van der Waals surface area contributed by atoms with Crippen molar-refractivity contribution in [2.75, 3.05) is 0 Å². The van der Waals surface area contributed by atoms with Crippen molar-refractivity contribution in [1.82, 2.24) is 10.4 Å². The Morgan fingerprint density at radius 1 is 1.00 bits per heavy atom. The van der Waals surface area contributed by atoms with Crippen LogP contribution in [0.3, 0.4) is 0 Å². The number of benzene rings is 2. The van der Waals surface area contributed by atoms with Gasteiger partial charge in [0.25, 0.3) is 11.8 Å². The van der Waals surface area contributed by atoms with Gasteiger partial charge in [-0.2, -0.15) is 0 Å². The van der Waals surface area contributed by atoms with Crippen molar-refractivity contribution in [3.63, 3.8) is 0 Å². The fourth-order valence-electron chi connectivity index (χ4n) is 5.48. The summed E-state index contributed by atoms with van der Waals surface area (Å²) in [6, 6.07) is 13.1. The molecule has 0 radical (unpaired) electrons. The van der Waals surface area contributed by atoms with Crippen molar-refractivity contribution in [2.24, 2.45) is 17.3 Å². The monoisotopic (exact) mass is 626 g/mol. The quantitative estimate of drug-likeness (QED) is 0.138. The number of aryl methyl sites for hydroxylation is 3. The molecule has 1 N–H and O–H groups in total. The fraction of sp³-hybridized carbons (Fsp3) is 0.475. The number of allylic oxidation sites excluding steroid dienone is 3. The molecule has 2 unspecified atom stereocenters. The molecule has 6 nitrogen and oxygen atoms in total. The van der Waals surface area contributed by atoms with Gasteiger partial charge in [0.05, 0.1) is 11.5 Å². The highest BCUT2D eigenvalue weighted by atomic mass is 16.5. The van der Waals surface area contributed by atoms with Crippen LogP contribution in [-0.2, 0) is 16.0 Å². The Morgan fingerprint density at radius 3 is 2.02 bits per heavy atom. The number of nitrogens with one attached hydrogen (secondary N) is 1. The number of carbonyl (C=O) groups excluding carboxylic acids is 3. The zero-order valence-electron chi connectivity index (χ0n) is 30.0. The van der Waals surface area contributed by atoms with Crippen LogP contribution in [0.2, 0.25) is 0 Å². The van der Waals surface area contributed by atoms with Gasteiger partial charge in [0, 0.05) is 11.1 Å². The summed E-state index contributed by atoms with van der Waals surface area (Å²) in [6.45, 7) is 23.9. The molecule has 0 bridgehead atoms. The van der Waals surface area contributed by atoms with Gasteiger partial charge in [-0.3, -0.25) is 19.8 Å². The van der Waals surface area contributed by atoms with E-state index in [9.17, 15) is 14.4 Å². The van der Waals surface area contributed by atoms with E-state index in [2.05, 4.69) is 52.0 Å². The van der Waals surface area contributed by atoms with Crippen molar-refractivity contribution in [3.05, 3.63) is 93.6 Å². The molecule has 0 aromatic heterocycles. The second-order valence-corrected chi connectivity index (χ2v) is 14.1. The molecule has 2 aromatic carbocycles. The van der Waals surface area contributed by atoms with E-state index < -0.39 is 11.6 Å². The summed E-state index contributed by atoms with van der Waals surface area (Å²) in [5.74, 6) is 2.05. The van der Waals surface area contributed by atoms with Gasteiger partial charge in [0.15, 0.2) is 6.10 Å². The zero-order valence-corrected chi connectivity index (χ0v) is 30.0. The van der Waals surface area contributed by atoms with Crippen LogP contribution >= 0.6 is 0 Å². The standard InChI is InChI=1S/C22H28N2O2.C18H26O2/c1-7-17-8-10-18(11-9-17)20(25)23-24(22(4,5)6)21(26)19-13-15(2)12-16(3)14-19;1-8-10-13(5)15(9-2)20-17(19)16-14(11-12(3)4)18(16,6)7/h8-14H,7H2,1-6H3,(H,23,25);2,10-11,14-16H,8H2,1,3-7H3/b;13-10+/t;14?,15?,16-/m.0/s1. The molecule has 2 amide bonds. The average molecular weight is 627 g/mol. The number of hydrogen-bond acceptors (Lipinski definition) is 4. The molecule has 3 atom stereocenters. The smallest absolute Gasteiger partial charge is 0.311 e. The molecule has 46 heavy (non-hydrogen) atoms. The third-order valence-corrected chi connectivity index (χ3v) is 8.18.